The number of hydrogen-bond donors (Lipinski definition) is 3. The van der Waals surface area contributed by atoms with Crippen molar-refractivity contribution in [3.05, 3.63) is 104 Å². The number of rotatable bonds is 8. The molecule has 1 amide bonds. The minimum absolute atomic E-state index is 0.135. The van der Waals surface area contributed by atoms with Crippen molar-refractivity contribution in [1.82, 2.24) is 5.32 Å². The van der Waals surface area contributed by atoms with Crippen molar-refractivity contribution in [3.8, 4) is 23.0 Å². The van der Waals surface area contributed by atoms with Gasteiger partial charge < -0.3 is 30.0 Å². The van der Waals surface area contributed by atoms with Gasteiger partial charge in [-0.3, -0.25) is 19.7 Å². The van der Waals surface area contributed by atoms with Crippen LogP contribution in [0.3, 0.4) is 0 Å². The van der Waals surface area contributed by atoms with E-state index in [1.54, 1.807) is 39.3 Å². The van der Waals surface area contributed by atoms with Gasteiger partial charge in [0, 0.05) is 46.6 Å². The van der Waals surface area contributed by atoms with Crippen molar-refractivity contribution in [2.75, 3.05) is 26.6 Å². The minimum atomic E-state index is -0.969. The topological polar surface area (TPSA) is 149 Å². The van der Waals surface area contributed by atoms with Crippen LogP contribution in [0.25, 0.3) is 0 Å². The molecule has 3 N–H and O–H groups in total. The van der Waals surface area contributed by atoms with Gasteiger partial charge in [0.25, 0.3) is 5.91 Å². The van der Waals surface area contributed by atoms with E-state index in [1.165, 1.54) is 19.2 Å². The third-order valence-corrected chi connectivity index (χ3v) is 8.09. The molecule has 2 atom stereocenters. The van der Waals surface area contributed by atoms with E-state index in [-0.39, 0.29) is 35.0 Å². The van der Waals surface area contributed by atoms with Crippen LogP contribution in [0.15, 0.2) is 77.1 Å². The number of amides is 1. The number of anilines is 1. The first-order valence-electron chi connectivity index (χ1n) is 14.0. The molecule has 0 radical (unpaired) electrons. The van der Waals surface area contributed by atoms with Gasteiger partial charge in [-0.05, 0) is 67.6 Å². The number of dihydropyridines is 1. The molecule has 11 heteroatoms. The molecular formula is C33H33N3O8. The Kier molecular flexibility index (Phi) is 8.30. The normalized spacial score (nSPS) is 17.9. The monoisotopic (exact) mass is 599 g/mol. The lowest BCUT2D eigenvalue weighted by atomic mass is 9.71. The first-order valence-corrected chi connectivity index (χ1v) is 14.0. The van der Waals surface area contributed by atoms with Gasteiger partial charge in [-0.1, -0.05) is 23.8 Å². The summed E-state index contributed by atoms with van der Waals surface area (Å²) in [5.41, 5.74) is 3.80. The van der Waals surface area contributed by atoms with Crippen molar-refractivity contribution in [3.63, 3.8) is 0 Å². The Hall–Kier alpha value is -5.32. The van der Waals surface area contributed by atoms with Crippen LogP contribution in [0.1, 0.15) is 48.3 Å². The lowest BCUT2D eigenvalue weighted by Crippen LogP contribution is -2.37. The van der Waals surface area contributed by atoms with E-state index in [1.807, 2.05) is 31.2 Å². The molecular weight excluding hydrogens is 566 g/mol. The highest BCUT2D eigenvalue weighted by Gasteiger charge is 2.42. The number of nitro groups is 1. The summed E-state index contributed by atoms with van der Waals surface area (Å²) >= 11 is 0. The molecule has 3 aromatic carbocycles. The predicted molar refractivity (Wildman–Crippen MR) is 163 cm³/mol. The summed E-state index contributed by atoms with van der Waals surface area (Å²) in [6, 6.07) is 15.4. The third-order valence-electron chi connectivity index (χ3n) is 8.09. The van der Waals surface area contributed by atoms with Crippen molar-refractivity contribution >= 4 is 23.1 Å². The third kappa shape index (κ3) is 5.56. The fourth-order valence-electron chi connectivity index (χ4n) is 5.93. The zero-order valence-electron chi connectivity index (χ0n) is 25.0. The predicted octanol–water partition coefficient (Wildman–Crippen LogP) is 5.63. The number of methoxy groups -OCH3 is 3. The second kappa shape index (κ2) is 12.1. The summed E-state index contributed by atoms with van der Waals surface area (Å²) in [6.45, 7) is 3.67. The van der Waals surface area contributed by atoms with Crippen LogP contribution >= 0.6 is 0 Å². The molecule has 1 aliphatic carbocycles. The van der Waals surface area contributed by atoms with Gasteiger partial charge in [0.05, 0.1) is 26.3 Å². The Morgan fingerprint density at radius 3 is 2.23 bits per heavy atom. The summed E-state index contributed by atoms with van der Waals surface area (Å²) in [5, 5.41) is 28.6. The fraction of sp³-hybridized carbons (Fsp3) is 0.273. The quantitative estimate of drug-likeness (QED) is 0.221. The van der Waals surface area contributed by atoms with Gasteiger partial charge in [0.1, 0.15) is 0 Å². The van der Waals surface area contributed by atoms with Gasteiger partial charge in [-0.25, -0.2) is 0 Å². The number of aromatic hydroxyl groups is 1. The number of hydrogen-bond acceptors (Lipinski definition) is 9. The number of ketones is 1. The summed E-state index contributed by atoms with van der Waals surface area (Å²) in [7, 11) is 4.38. The van der Waals surface area contributed by atoms with E-state index in [9.17, 15) is 24.8 Å². The molecule has 1 aliphatic heterocycles. The van der Waals surface area contributed by atoms with E-state index in [4.69, 9.17) is 14.2 Å². The maximum absolute atomic E-state index is 14.1. The van der Waals surface area contributed by atoms with Crippen molar-refractivity contribution in [2.45, 2.75) is 38.5 Å². The highest BCUT2D eigenvalue weighted by molar-refractivity contribution is 6.10. The molecule has 0 aromatic heterocycles. The van der Waals surface area contributed by atoms with Gasteiger partial charge in [0.15, 0.2) is 23.0 Å². The number of aryl methyl sites for hydroxylation is 1. The van der Waals surface area contributed by atoms with Crippen LogP contribution in [-0.4, -0.2) is 43.0 Å². The molecule has 0 saturated heterocycles. The molecule has 0 saturated carbocycles. The second-order valence-corrected chi connectivity index (χ2v) is 10.8. The van der Waals surface area contributed by atoms with Crippen molar-refractivity contribution in [1.29, 1.82) is 0 Å². The number of ether oxygens (including phenoxy) is 3. The number of allylic oxidation sites excluding steroid dienone is 3. The van der Waals surface area contributed by atoms with E-state index in [0.29, 0.717) is 40.6 Å². The van der Waals surface area contributed by atoms with E-state index < -0.39 is 28.2 Å². The van der Waals surface area contributed by atoms with Gasteiger partial charge >= 0.3 is 5.69 Å². The van der Waals surface area contributed by atoms with Crippen LogP contribution in [0, 0.1) is 17.0 Å². The molecule has 0 bridgehead atoms. The molecule has 3 aromatic rings. The average molecular weight is 600 g/mol. The Balaban J connectivity index is 1.63. The molecule has 2 aliphatic rings. The average Bonchev–Trinajstić information content (AvgIpc) is 3.00. The summed E-state index contributed by atoms with van der Waals surface area (Å²) in [6.07, 6.45) is 0.574. The van der Waals surface area contributed by atoms with E-state index in [2.05, 4.69) is 10.6 Å². The maximum atomic E-state index is 14.1. The Bertz CT molecular complexity index is 1730. The SMILES string of the molecule is COc1ccc([C@@H]2CC(=O)C3=C(C2)NC(C)=C(C(=O)Nc2ccc(C)cc2)[C@H]3c2cc(OC)c(O)c([N+](=O)[O-])c2)cc1OC. The number of phenolic OH excluding ortho intramolecular Hbond substituents is 1. The summed E-state index contributed by atoms with van der Waals surface area (Å²) in [5.74, 6) is -1.53. The van der Waals surface area contributed by atoms with Crippen LogP contribution in [0.5, 0.6) is 23.0 Å². The molecule has 1 heterocycles. The first-order chi connectivity index (χ1) is 21.1. The van der Waals surface area contributed by atoms with Crippen molar-refractivity contribution in [2.24, 2.45) is 0 Å². The Labute approximate surface area is 254 Å². The molecule has 0 spiro atoms. The first kappa shape index (κ1) is 30.1. The summed E-state index contributed by atoms with van der Waals surface area (Å²) < 4.78 is 16.1. The molecule has 44 heavy (non-hydrogen) atoms. The standard InChI is InChI=1S/C33H33N3O8/c1-17-6-9-22(10-7-17)35-33(39)29-18(2)34-23-12-20(19-8-11-26(42-3)27(15-19)43-4)14-25(37)31(23)30(29)21-13-24(36(40)41)32(38)28(16-21)44-5/h6-11,13,15-16,20,30,34,38H,12,14H2,1-5H3,(H,35,39)/t20-,30+/m0/s1. The number of phenols is 1. The summed E-state index contributed by atoms with van der Waals surface area (Å²) in [4.78, 5) is 39.1. The number of Topliss-reactive ketones (excluding diaryl/α,β-unsaturated/α-hetero) is 1. The zero-order chi connectivity index (χ0) is 31.7. The zero-order valence-corrected chi connectivity index (χ0v) is 25.0. The highest BCUT2D eigenvalue weighted by Crippen LogP contribution is 2.49. The molecule has 228 valence electrons. The lowest BCUT2D eigenvalue weighted by molar-refractivity contribution is -0.386. The molecule has 0 unspecified atom stereocenters. The number of nitrogens with zero attached hydrogens (tertiary/aromatic N) is 1. The van der Waals surface area contributed by atoms with Crippen LogP contribution in [0.4, 0.5) is 11.4 Å². The largest absolute Gasteiger partial charge is 0.500 e. The fourth-order valence-corrected chi connectivity index (χ4v) is 5.93. The minimum Gasteiger partial charge on any atom is -0.500 e. The number of nitrogens with one attached hydrogen (secondary N) is 2. The lowest BCUT2D eigenvalue weighted by Gasteiger charge is -2.37. The number of carbonyl (C=O) groups is 2. The van der Waals surface area contributed by atoms with Gasteiger partial charge in [-0.2, -0.15) is 0 Å². The van der Waals surface area contributed by atoms with E-state index >= 15 is 0 Å². The maximum Gasteiger partial charge on any atom is 0.314 e. The molecule has 0 fully saturated rings. The number of nitro benzene ring substituents is 1. The Morgan fingerprint density at radius 2 is 1.59 bits per heavy atom. The smallest absolute Gasteiger partial charge is 0.314 e. The Morgan fingerprint density at radius 1 is 0.932 bits per heavy atom. The second-order valence-electron chi connectivity index (χ2n) is 10.8. The number of benzene rings is 3. The molecule has 5 rings (SSSR count). The van der Waals surface area contributed by atoms with Crippen LogP contribution in [0.2, 0.25) is 0 Å². The van der Waals surface area contributed by atoms with Crippen LogP contribution < -0.4 is 24.8 Å². The van der Waals surface area contributed by atoms with Crippen molar-refractivity contribution < 1.29 is 33.8 Å². The molecule has 11 nitrogen and oxygen atoms in total. The van der Waals surface area contributed by atoms with Crippen LogP contribution in [-0.2, 0) is 9.59 Å². The van der Waals surface area contributed by atoms with E-state index in [0.717, 1.165) is 11.1 Å². The van der Waals surface area contributed by atoms with Gasteiger partial charge in [0.2, 0.25) is 5.75 Å². The highest BCUT2D eigenvalue weighted by atomic mass is 16.6. The van der Waals surface area contributed by atoms with Gasteiger partial charge in [-0.15, -0.1) is 0 Å². The number of carbonyl (C=O) groups excluding carboxylic acids is 2.